The molecule has 3 heteroatoms. The first-order valence-corrected chi connectivity index (χ1v) is 5.60. The minimum atomic E-state index is -0.623. The Balaban J connectivity index is 4.68. The van der Waals surface area contributed by atoms with Crippen LogP contribution in [0.3, 0.4) is 0 Å². The van der Waals surface area contributed by atoms with Crippen molar-refractivity contribution in [2.75, 3.05) is 20.1 Å². The van der Waals surface area contributed by atoms with Gasteiger partial charge in [-0.25, -0.2) is 0 Å². The van der Waals surface area contributed by atoms with E-state index in [4.69, 9.17) is 0 Å². The van der Waals surface area contributed by atoms with E-state index in [9.17, 15) is 5.11 Å². The van der Waals surface area contributed by atoms with Crippen molar-refractivity contribution in [1.29, 1.82) is 0 Å². The molecule has 0 spiro atoms. The average molecular weight is 224 g/mol. The van der Waals surface area contributed by atoms with E-state index in [-0.39, 0.29) is 6.17 Å². The van der Waals surface area contributed by atoms with E-state index in [0.717, 1.165) is 19.5 Å². The highest BCUT2D eigenvalue weighted by Gasteiger charge is 2.22. The normalized spacial score (nSPS) is 14.8. The molecule has 0 aliphatic carbocycles. The van der Waals surface area contributed by atoms with Gasteiger partial charge in [0.25, 0.3) is 0 Å². The summed E-state index contributed by atoms with van der Waals surface area (Å²) >= 11 is 0. The smallest absolute Gasteiger partial charge is 0.127 e. The van der Waals surface area contributed by atoms with Gasteiger partial charge in [0.15, 0.2) is 0 Å². The Kier molecular flexibility index (Phi) is 7.81. The Morgan fingerprint density at radius 1 is 1.19 bits per heavy atom. The molecule has 0 saturated heterocycles. The third kappa shape index (κ3) is 4.31. The highest BCUT2D eigenvalue weighted by atomic mass is 16.3. The predicted molar refractivity (Wildman–Crippen MR) is 70.0 cm³/mol. The fourth-order valence-electron chi connectivity index (χ4n) is 1.80. The minimum Gasteiger partial charge on any atom is -0.375 e. The van der Waals surface area contributed by atoms with E-state index in [0.29, 0.717) is 0 Å². The van der Waals surface area contributed by atoms with Crippen LogP contribution in [-0.2, 0) is 0 Å². The minimum absolute atomic E-state index is 0.156. The van der Waals surface area contributed by atoms with Crippen molar-refractivity contribution in [3.63, 3.8) is 0 Å². The standard InChI is InChI=1S/C13H24N2O/c1-6-10-15(11-7-2)12(8-3)14(5)13(16)9-4/h6-7,9,12-13,16H,1-2,4,8,10-11H2,3,5H3. The van der Waals surface area contributed by atoms with Crippen molar-refractivity contribution in [1.82, 2.24) is 9.80 Å². The van der Waals surface area contributed by atoms with Crippen LogP contribution in [0.5, 0.6) is 0 Å². The molecule has 0 radical (unpaired) electrons. The first-order chi connectivity index (χ1) is 7.62. The lowest BCUT2D eigenvalue weighted by Gasteiger charge is -2.37. The fraction of sp³-hybridized carbons (Fsp3) is 0.538. The maximum Gasteiger partial charge on any atom is 0.127 e. The fourth-order valence-corrected chi connectivity index (χ4v) is 1.80. The van der Waals surface area contributed by atoms with Crippen molar-refractivity contribution in [2.45, 2.75) is 25.7 Å². The zero-order valence-corrected chi connectivity index (χ0v) is 10.5. The Bertz CT molecular complexity index is 218. The Morgan fingerprint density at radius 3 is 2.00 bits per heavy atom. The number of hydrogen-bond acceptors (Lipinski definition) is 3. The Morgan fingerprint density at radius 2 is 1.69 bits per heavy atom. The first-order valence-electron chi connectivity index (χ1n) is 5.60. The molecule has 16 heavy (non-hydrogen) atoms. The predicted octanol–water partition coefficient (Wildman–Crippen LogP) is 1.83. The second-order valence-electron chi connectivity index (χ2n) is 3.73. The lowest BCUT2D eigenvalue weighted by atomic mass is 10.2. The molecule has 0 saturated carbocycles. The van der Waals surface area contributed by atoms with E-state index in [1.165, 1.54) is 6.08 Å². The van der Waals surface area contributed by atoms with Crippen LogP contribution in [0.2, 0.25) is 0 Å². The first kappa shape index (κ1) is 15.1. The molecule has 0 aromatic carbocycles. The summed E-state index contributed by atoms with van der Waals surface area (Å²) in [5, 5.41) is 9.74. The van der Waals surface area contributed by atoms with Crippen molar-refractivity contribution in [3.8, 4) is 0 Å². The summed E-state index contributed by atoms with van der Waals surface area (Å²) in [4.78, 5) is 4.09. The SMILES string of the molecule is C=CCN(CC=C)C(CC)N(C)C(O)C=C. The molecule has 0 aliphatic heterocycles. The van der Waals surface area contributed by atoms with E-state index >= 15 is 0 Å². The van der Waals surface area contributed by atoms with Gasteiger partial charge in [0.1, 0.15) is 6.23 Å². The zero-order chi connectivity index (χ0) is 12.6. The highest BCUT2D eigenvalue weighted by Crippen LogP contribution is 2.11. The van der Waals surface area contributed by atoms with Crippen molar-refractivity contribution in [3.05, 3.63) is 38.0 Å². The monoisotopic (exact) mass is 224 g/mol. The summed E-state index contributed by atoms with van der Waals surface area (Å²) in [5.74, 6) is 0. The van der Waals surface area contributed by atoms with Gasteiger partial charge in [-0.05, 0) is 19.5 Å². The second kappa shape index (κ2) is 8.28. The topological polar surface area (TPSA) is 26.7 Å². The van der Waals surface area contributed by atoms with Crippen LogP contribution in [0, 0.1) is 0 Å². The van der Waals surface area contributed by atoms with Gasteiger partial charge in [-0.15, -0.1) is 13.2 Å². The molecule has 0 aliphatic rings. The van der Waals surface area contributed by atoms with Crippen molar-refractivity contribution in [2.24, 2.45) is 0 Å². The number of nitrogens with zero attached hydrogens (tertiary/aromatic N) is 2. The molecule has 0 amide bonds. The number of aliphatic hydroxyl groups is 1. The van der Waals surface area contributed by atoms with E-state index in [1.54, 1.807) is 0 Å². The van der Waals surface area contributed by atoms with Crippen LogP contribution in [0.15, 0.2) is 38.0 Å². The molecular formula is C13H24N2O. The summed E-state index contributed by atoms with van der Waals surface area (Å²) in [7, 11) is 1.89. The average Bonchev–Trinajstić information content (AvgIpc) is 2.29. The summed E-state index contributed by atoms with van der Waals surface area (Å²) in [5.41, 5.74) is 0. The molecule has 0 fully saturated rings. The van der Waals surface area contributed by atoms with Crippen LogP contribution >= 0.6 is 0 Å². The number of likely N-dealkylation sites (N-methyl/N-ethyl adjacent to an activating group) is 1. The quantitative estimate of drug-likeness (QED) is 0.478. The molecule has 3 nitrogen and oxygen atoms in total. The Hall–Kier alpha value is -0.900. The molecule has 0 bridgehead atoms. The van der Waals surface area contributed by atoms with Gasteiger partial charge >= 0.3 is 0 Å². The molecule has 0 aromatic heterocycles. The van der Waals surface area contributed by atoms with Crippen LogP contribution < -0.4 is 0 Å². The van der Waals surface area contributed by atoms with E-state index in [1.807, 2.05) is 24.1 Å². The molecule has 1 N–H and O–H groups in total. The van der Waals surface area contributed by atoms with Gasteiger partial charge < -0.3 is 5.11 Å². The maximum atomic E-state index is 9.74. The Labute approximate surface area is 99.4 Å². The van der Waals surface area contributed by atoms with Gasteiger partial charge in [-0.1, -0.05) is 25.7 Å². The summed E-state index contributed by atoms with van der Waals surface area (Å²) in [6.07, 6.45) is 5.71. The van der Waals surface area contributed by atoms with Gasteiger partial charge in [0, 0.05) is 13.1 Å². The molecule has 92 valence electrons. The van der Waals surface area contributed by atoms with Gasteiger partial charge in [-0.3, -0.25) is 9.80 Å². The molecule has 0 aromatic rings. The molecule has 2 unspecified atom stereocenters. The summed E-state index contributed by atoms with van der Waals surface area (Å²) in [6.45, 7) is 14.7. The molecular weight excluding hydrogens is 200 g/mol. The van der Waals surface area contributed by atoms with Crippen LogP contribution in [0.4, 0.5) is 0 Å². The zero-order valence-electron chi connectivity index (χ0n) is 10.5. The molecule has 0 heterocycles. The van der Waals surface area contributed by atoms with Gasteiger partial charge in [-0.2, -0.15) is 0 Å². The lowest BCUT2D eigenvalue weighted by molar-refractivity contribution is -0.0289. The maximum absolute atomic E-state index is 9.74. The van der Waals surface area contributed by atoms with Crippen LogP contribution in [0.1, 0.15) is 13.3 Å². The number of aliphatic hydroxyl groups excluding tert-OH is 1. The molecule has 2 atom stereocenters. The van der Waals surface area contributed by atoms with E-state index < -0.39 is 6.23 Å². The second-order valence-corrected chi connectivity index (χ2v) is 3.73. The highest BCUT2D eigenvalue weighted by molar-refractivity contribution is 4.87. The summed E-state index contributed by atoms with van der Waals surface area (Å²) < 4.78 is 0. The largest absolute Gasteiger partial charge is 0.375 e. The van der Waals surface area contributed by atoms with Crippen LogP contribution in [-0.4, -0.2) is 47.4 Å². The van der Waals surface area contributed by atoms with Crippen molar-refractivity contribution < 1.29 is 5.11 Å². The lowest BCUT2D eigenvalue weighted by Crippen LogP contribution is -2.50. The van der Waals surface area contributed by atoms with Gasteiger partial charge in [0.2, 0.25) is 0 Å². The number of rotatable bonds is 9. The van der Waals surface area contributed by atoms with E-state index in [2.05, 4.69) is 31.6 Å². The molecule has 0 rings (SSSR count). The third-order valence-electron chi connectivity index (χ3n) is 2.61. The van der Waals surface area contributed by atoms with Crippen LogP contribution in [0.25, 0.3) is 0 Å². The number of hydrogen-bond donors (Lipinski definition) is 1. The summed E-state index contributed by atoms with van der Waals surface area (Å²) in [6, 6.07) is 0. The van der Waals surface area contributed by atoms with Gasteiger partial charge in [0.05, 0.1) is 6.17 Å². The van der Waals surface area contributed by atoms with Crippen molar-refractivity contribution >= 4 is 0 Å². The third-order valence-corrected chi connectivity index (χ3v) is 2.61.